The van der Waals surface area contributed by atoms with Crippen LogP contribution in [0.15, 0.2) is 58.7 Å². The lowest BCUT2D eigenvalue weighted by Gasteiger charge is -2.07. The van der Waals surface area contributed by atoms with Gasteiger partial charge in [0, 0.05) is 10.0 Å². The van der Waals surface area contributed by atoms with Crippen LogP contribution in [0.2, 0.25) is 0 Å². The minimum Gasteiger partial charge on any atom is -0.497 e. The number of hydrogen-bond donors (Lipinski definition) is 2. The van der Waals surface area contributed by atoms with Gasteiger partial charge in [-0.1, -0.05) is 28.1 Å². The molecule has 6 heteroatoms. The van der Waals surface area contributed by atoms with Gasteiger partial charge in [-0.2, -0.15) is 0 Å². The maximum atomic E-state index is 12.2. The number of amides is 2. The number of methoxy groups -OCH3 is 1. The lowest BCUT2D eigenvalue weighted by atomic mass is 10.1. The monoisotopic (exact) mass is 374 g/mol. The van der Waals surface area contributed by atoms with Crippen LogP contribution in [0, 0.1) is 0 Å². The average Bonchev–Trinajstić information content (AvgIpc) is 2.55. The second-order valence-electron chi connectivity index (χ2n) is 4.66. The van der Waals surface area contributed by atoms with Crippen molar-refractivity contribution in [3.05, 3.63) is 69.8 Å². The molecule has 0 heterocycles. The molecular weight excluding hydrogens is 360 g/mol. The van der Waals surface area contributed by atoms with Crippen molar-refractivity contribution in [1.82, 2.24) is 5.32 Å². The molecule has 0 atom stereocenters. The second kappa shape index (κ2) is 7.60. The van der Waals surface area contributed by atoms with Gasteiger partial charge in [0.15, 0.2) is 0 Å². The number of rotatable bonds is 5. The van der Waals surface area contributed by atoms with Gasteiger partial charge in [0.2, 0.25) is 0 Å². The summed E-state index contributed by atoms with van der Waals surface area (Å²) in [5, 5.41) is 2.53. The predicted molar refractivity (Wildman–Crippen MR) is 91.8 cm³/mol. The summed E-state index contributed by atoms with van der Waals surface area (Å²) in [6.45, 7) is 0. The fourth-order valence-corrected chi connectivity index (χ4v) is 2.10. The Morgan fingerprint density at radius 3 is 2.22 bits per heavy atom. The van der Waals surface area contributed by atoms with E-state index in [-0.39, 0.29) is 5.70 Å². The molecule has 2 rings (SSSR count). The molecule has 0 radical (unpaired) electrons. The molecule has 2 aromatic rings. The fourth-order valence-electron chi connectivity index (χ4n) is 1.83. The van der Waals surface area contributed by atoms with Gasteiger partial charge >= 0.3 is 0 Å². The maximum absolute atomic E-state index is 12.2. The number of carbonyl (C=O) groups is 2. The Morgan fingerprint density at radius 1 is 1.09 bits per heavy atom. The van der Waals surface area contributed by atoms with E-state index in [0.29, 0.717) is 11.3 Å². The van der Waals surface area contributed by atoms with Crippen molar-refractivity contribution in [2.24, 2.45) is 5.73 Å². The van der Waals surface area contributed by atoms with Crippen molar-refractivity contribution >= 4 is 33.8 Å². The minimum absolute atomic E-state index is 0.0167. The summed E-state index contributed by atoms with van der Waals surface area (Å²) < 4.78 is 5.93. The third-order valence-corrected chi connectivity index (χ3v) is 3.58. The van der Waals surface area contributed by atoms with Crippen LogP contribution in [-0.4, -0.2) is 18.9 Å². The van der Waals surface area contributed by atoms with E-state index in [1.807, 2.05) is 0 Å². The highest BCUT2D eigenvalue weighted by molar-refractivity contribution is 9.10. The largest absolute Gasteiger partial charge is 0.497 e. The highest BCUT2D eigenvalue weighted by Crippen LogP contribution is 2.14. The summed E-state index contributed by atoms with van der Waals surface area (Å²) in [5.41, 5.74) is 6.50. The smallest absolute Gasteiger partial charge is 0.265 e. The molecule has 0 bridgehead atoms. The van der Waals surface area contributed by atoms with Gasteiger partial charge in [-0.3, -0.25) is 9.59 Å². The Morgan fingerprint density at radius 2 is 1.70 bits per heavy atom. The highest BCUT2D eigenvalue weighted by atomic mass is 79.9. The van der Waals surface area contributed by atoms with Gasteiger partial charge < -0.3 is 15.8 Å². The molecule has 0 saturated carbocycles. The molecule has 0 aliphatic carbocycles. The Bertz CT molecular complexity index is 737. The SMILES string of the molecule is COc1ccc(/C=C(/NC(=O)c2ccc(Br)cc2)C(N)=O)cc1. The summed E-state index contributed by atoms with van der Waals surface area (Å²) in [7, 11) is 1.57. The Kier molecular flexibility index (Phi) is 5.54. The molecule has 0 spiro atoms. The minimum atomic E-state index is -0.716. The topological polar surface area (TPSA) is 81.4 Å². The molecule has 0 aromatic heterocycles. The Labute approximate surface area is 142 Å². The molecular formula is C17H15BrN2O3. The molecule has 5 nitrogen and oxygen atoms in total. The standard InChI is InChI=1S/C17H15BrN2O3/c1-23-14-8-2-11(3-9-14)10-15(16(19)21)20-17(22)12-4-6-13(18)7-5-12/h2-10H,1H3,(H2,19,21)(H,20,22)/b15-10+. The molecule has 0 unspecified atom stereocenters. The van der Waals surface area contributed by atoms with Crippen molar-refractivity contribution in [2.75, 3.05) is 7.11 Å². The van der Waals surface area contributed by atoms with Gasteiger partial charge in [-0.15, -0.1) is 0 Å². The number of benzene rings is 2. The van der Waals surface area contributed by atoms with Gasteiger partial charge in [-0.25, -0.2) is 0 Å². The summed E-state index contributed by atoms with van der Waals surface area (Å²) in [5.74, 6) is -0.427. The van der Waals surface area contributed by atoms with Crippen LogP contribution in [0.5, 0.6) is 5.75 Å². The van der Waals surface area contributed by atoms with Crippen LogP contribution in [-0.2, 0) is 4.79 Å². The van der Waals surface area contributed by atoms with E-state index < -0.39 is 11.8 Å². The van der Waals surface area contributed by atoms with Crippen LogP contribution < -0.4 is 15.8 Å². The number of carbonyl (C=O) groups excluding carboxylic acids is 2. The first-order valence-electron chi connectivity index (χ1n) is 6.72. The molecule has 0 saturated heterocycles. The van der Waals surface area contributed by atoms with Crippen molar-refractivity contribution in [2.45, 2.75) is 0 Å². The third-order valence-electron chi connectivity index (χ3n) is 3.05. The lowest BCUT2D eigenvalue weighted by Crippen LogP contribution is -2.31. The van der Waals surface area contributed by atoms with E-state index in [0.717, 1.165) is 10.0 Å². The van der Waals surface area contributed by atoms with Crippen LogP contribution in [0.4, 0.5) is 0 Å². The molecule has 0 fully saturated rings. The fraction of sp³-hybridized carbons (Fsp3) is 0.0588. The summed E-state index contributed by atoms with van der Waals surface area (Å²) in [6.07, 6.45) is 1.51. The van der Waals surface area contributed by atoms with Gasteiger partial charge in [0.1, 0.15) is 11.4 Å². The third kappa shape index (κ3) is 4.69. The van der Waals surface area contributed by atoms with Crippen molar-refractivity contribution in [1.29, 1.82) is 0 Å². The quantitative estimate of drug-likeness (QED) is 0.789. The molecule has 0 aliphatic rings. The zero-order valence-electron chi connectivity index (χ0n) is 12.4. The highest BCUT2D eigenvalue weighted by Gasteiger charge is 2.12. The first-order chi connectivity index (χ1) is 11.0. The zero-order chi connectivity index (χ0) is 16.8. The van der Waals surface area contributed by atoms with E-state index in [1.165, 1.54) is 6.08 Å². The van der Waals surface area contributed by atoms with Crippen LogP contribution in [0.25, 0.3) is 6.08 Å². The van der Waals surface area contributed by atoms with Gasteiger partial charge in [0.05, 0.1) is 7.11 Å². The van der Waals surface area contributed by atoms with Crippen LogP contribution in [0.1, 0.15) is 15.9 Å². The van der Waals surface area contributed by atoms with E-state index >= 15 is 0 Å². The maximum Gasteiger partial charge on any atom is 0.265 e. The normalized spacial score (nSPS) is 11.0. The molecule has 118 valence electrons. The molecule has 2 amide bonds. The number of nitrogens with one attached hydrogen (secondary N) is 1. The average molecular weight is 375 g/mol. The van der Waals surface area contributed by atoms with E-state index in [4.69, 9.17) is 10.5 Å². The molecule has 3 N–H and O–H groups in total. The van der Waals surface area contributed by atoms with Crippen molar-refractivity contribution in [3.8, 4) is 5.75 Å². The van der Waals surface area contributed by atoms with Crippen molar-refractivity contribution < 1.29 is 14.3 Å². The first kappa shape index (κ1) is 16.8. The molecule has 0 aliphatic heterocycles. The number of halogens is 1. The van der Waals surface area contributed by atoms with E-state index in [2.05, 4.69) is 21.2 Å². The van der Waals surface area contributed by atoms with Gasteiger partial charge in [-0.05, 0) is 48.0 Å². The summed E-state index contributed by atoms with van der Waals surface area (Å²) in [6, 6.07) is 13.8. The summed E-state index contributed by atoms with van der Waals surface area (Å²) >= 11 is 3.30. The number of nitrogens with two attached hydrogens (primary N) is 1. The first-order valence-corrected chi connectivity index (χ1v) is 7.51. The van der Waals surface area contributed by atoms with E-state index in [1.54, 1.807) is 55.6 Å². The summed E-state index contributed by atoms with van der Waals surface area (Å²) in [4.78, 5) is 23.7. The number of hydrogen-bond acceptors (Lipinski definition) is 3. The number of primary amides is 1. The van der Waals surface area contributed by atoms with Crippen molar-refractivity contribution in [3.63, 3.8) is 0 Å². The Balaban J connectivity index is 2.20. The zero-order valence-corrected chi connectivity index (χ0v) is 14.0. The second-order valence-corrected chi connectivity index (χ2v) is 5.57. The van der Waals surface area contributed by atoms with E-state index in [9.17, 15) is 9.59 Å². The molecule has 2 aromatic carbocycles. The van der Waals surface area contributed by atoms with Gasteiger partial charge in [0.25, 0.3) is 11.8 Å². The molecule has 23 heavy (non-hydrogen) atoms. The van der Waals surface area contributed by atoms with Crippen LogP contribution >= 0.6 is 15.9 Å². The predicted octanol–water partition coefficient (Wildman–Crippen LogP) is 2.71. The Hall–Kier alpha value is -2.60. The van der Waals surface area contributed by atoms with Crippen LogP contribution in [0.3, 0.4) is 0 Å². The lowest BCUT2D eigenvalue weighted by molar-refractivity contribution is -0.114. The number of ether oxygens (including phenoxy) is 1.